The fourth-order valence-electron chi connectivity index (χ4n) is 2.55. The van der Waals surface area contributed by atoms with Gasteiger partial charge >= 0.3 is 0 Å². The second-order valence-electron chi connectivity index (χ2n) is 5.68. The lowest BCUT2D eigenvalue weighted by molar-refractivity contribution is -0.120. The van der Waals surface area contributed by atoms with E-state index in [-0.39, 0.29) is 18.5 Å². The molecule has 0 bridgehead atoms. The van der Waals surface area contributed by atoms with E-state index < -0.39 is 0 Å². The van der Waals surface area contributed by atoms with Gasteiger partial charge in [0.1, 0.15) is 11.8 Å². The van der Waals surface area contributed by atoms with E-state index >= 15 is 0 Å². The molecule has 3 aromatic rings. The zero-order valence-electron chi connectivity index (χ0n) is 13.9. The van der Waals surface area contributed by atoms with Crippen LogP contribution in [0.3, 0.4) is 0 Å². The third-order valence-electron chi connectivity index (χ3n) is 3.86. The number of fused-ring (bicyclic) bond motifs is 1. The topological polar surface area (TPSA) is 111 Å². The van der Waals surface area contributed by atoms with Gasteiger partial charge in [-0.2, -0.15) is 5.26 Å². The van der Waals surface area contributed by atoms with Crippen LogP contribution in [-0.2, 0) is 4.79 Å². The van der Waals surface area contributed by atoms with Crippen LogP contribution in [0.1, 0.15) is 24.1 Å². The van der Waals surface area contributed by atoms with Gasteiger partial charge in [-0.25, -0.2) is 15.0 Å². The van der Waals surface area contributed by atoms with Gasteiger partial charge in [0.05, 0.1) is 30.5 Å². The standard InChI is InChI=1S/C17H17N7O/c1-11(13-5-3-12(7-18)4-6-13)23-14(25)8-24(2)17-15-16(20-9-19-15)21-10-22-17/h3-6,9-11H,8H2,1-2H3,(H,23,25)(H,19,20,21,22)/t11-/m0/s1. The summed E-state index contributed by atoms with van der Waals surface area (Å²) in [5.41, 5.74) is 2.78. The first-order valence-electron chi connectivity index (χ1n) is 7.73. The Labute approximate surface area is 144 Å². The molecule has 2 aromatic heterocycles. The molecule has 0 fully saturated rings. The number of benzene rings is 1. The normalized spacial score (nSPS) is 11.7. The van der Waals surface area contributed by atoms with Crippen molar-refractivity contribution in [2.75, 3.05) is 18.5 Å². The van der Waals surface area contributed by atoms with E-state index in [9.17, 15) is 4.79 Å². The van der Waals surface area contributed by atoms with Gasteiger partial charge in [-0.3, -0.25) is 4.79 Å². The molecule has 8 nitrogen and oxygen atoms in total. The number of anilines is 1. The predicted octanol–water partition coefficient (Wildman–Crippen LogP) is 1.54. The zero-order valence-corrected chi connectivity index (χ0v) is 13.9. The molecule has 0 saturated carbocycles. The molecular formula is C17H17N7O. The highest BCUT2D eigenvalue weighted by Crippen LogP contribution is 2.18. The maximum Gasteiger partial charge on any atom is 0.240 e. The highest BCUT2D eigenvalue weighted by Gasteiger charge is 2.15. The Kier molecular flexibility index (Phi) is 4.57. The molecule has 1 aromatic carbocycles. The highest BCUT2D eigenvalue weighted by molar-refractivity contribution is 5.87. The fraction of sp³-hybridized carbons (Fsp3) is 0.235. The van der Waals surface area contributed by atoms with Crippen LogP contribution in [0.25, 0.3) is 11.2 Å². The minimum Gasteiger partial charge on any atom is -0.348 e. The molecule has 0 radical (unpaired) electrons. The molecule has 0 aliphatic carbocycles. The van der Waals surface area contributed by atoms with E-state index in [4.69, 9.17) is 5.26 Å². The second-order valence-corrected chi connectivity index (χ2v) is 5.68. The first kappa shape index (κ1) is 16.4. The Bertz CT molecular complexity index is 926. The molecule has 0 spiro atoms. The van der Waals surface area contributed by atoms with Crippen LogP contribution >= 0.6 is 0 Å². The predicted molar refractivity (Wildman–Crippen MR) is 92.7 cm³/mol. The molecule has 0 saturated heterocycles. The van der Waals surface area contributed by atoms with E-state index in [0.717, 1.165) is 5.56 Å². The highest BCUT2D eigenvalue weighted by atomic mass is 16.2. The van der Waals surface area contributed by atoms with Crippen molar-refractivity contribution >= 4 is 22.9 Å². The number of carbonyl (C=O) groups excluding carboxylic acids is 1. The van der Waals surface area contributed by atoms with Gasteiger partial charge in [0.25, 0.3) is 0 Å². The van der Waals surface area contributed by atoms with Crippen LogP contribution in [0, 0.1) is 11.3 Å². The summed E-state index contributed by atoms with van der Waals surface area (Å²) in [6.45, 7) is 2.04. The minimum atomic E-state index is -0.161. The van der Waals surface area contributed by atoms with Crippen LogP contribution in [0.5, 0.6) is 0 Å². The number of aromatic nitrogens is 4. The number of imidazole rings is 1. The first-order valence-corrected chi connectivity index (χ1v) is 7.73. The average Bonchev–Trinajstić information content (AvgIpc) is 3.10. The summed E-state index contributed by atoms with van der Waals surface area (Å²) in [5.74, 6) is 0.481. The molecule has 25 heavy (non-hydrogen) atoms. The summed E-state index contributed by atoms with van der Waals surface area (Å²) in [6.07, 6.45) is 2.97. The Morgan fingerprint density at radius 3 is 2.80 bits per heavy atom. The number of amides is 1. The molecule has 2 N–H and O–H groups in total. The summed E-state index contributed by atoms with van der Waals surface area (Å²) in [4.78, 5) is 29.4. The fourth-order valence-corrected chi connectivity index (χ4v) is 2.55. The van der Waals surface area contributed by atoms with Gasteiger partial charge < -0.3 is 15.2 Å². The summed E-state index contributed by atoms with van der Waals surface area (Å²) in [7, 11) is 1.79. The van der Waals surface area contributed by atoms with Gasteiger partial charge in [0.15, 0.2) is 11.5 Å². The van der Waals surface area contributed by atoms with Crippen molar-refractivity contribution in [3.8, 4) is 6.07 Å². The van der Waals surface area contributed by atoms with Crippen LogP contribution in [0.2, 0.25) is 0 Å². The first-order chi connectivity index (χ1) is 12.1. The van der Waals surface area contributed by atoms with Crippen LogP contribution in [0.4, 0.5) is 5.82 Å². The SMILES string of the molecule is C[C@H](NC(=O)CN(C)c1ncnc2nc[nH]c12)c1ccc(C#N)cc1. The lowest BCUT2D eigenvalue weighted by Crippen LogP contribution is -2.37. The number of carbonyl (C=O) groups is 1. The van der Waals surface area contributed by atoms with Gasteiger partial charge in [-0.1, -0.05) is 12.1 Å². The lowest BCUT2D eigenvalue weighted by atomic mass is 10.1. The number of H-pyrrole nitrogens is 1. The number of likely N-dealkylation sites (N-methyl/N-ethyl adjacent to an activating group) is 1. The van der Waals surface area contributed by atoms with Crippen molar-refractivity contribution in [1.82, 2.24) is 25.3 Å². The molecule has 3 rings (SSSR count). The van der Waals surface area contributed by atoms with Crippen LogP contribution < -0.4 is 10.2 Å². The molecular weight excluding hydrogens is 318 g/mol. The van der Waals surface area contributed by atoms with Crippen LogP contribution in [0.15, 0.2) is 36.9 Å². The van der Waals surface area contributed by atoms with Gasteiger partial charge in [0.2, 0.25) is 5.91 Å². The number of hydrogen-bond acceptors (Lipinski definition) is 6. The van der Waals surface area contributed by atoms with Gasteiger partial charge in [0, 0.05) is 7.05 Å². The van der Waals surface area contributed by atoms with E-state index in [2.05, 4.69) is 31.3 Å². The molecule has 126 valence electrons. The van der Waals surface area contributed by atoms with Crippen LogP contribution in [-0.4, -0.2) is 39.4 Å². The average molecular weight is 335 g/mol. The molecule has 1 amide bonds. The lowest BCUT2D eigenvalue weighted by Gasteiger charge is -2.20. The maximum atomic E-state index is 12.3. The van der Waals surface area contributed by atoms with Crippen molar-refractivity contribution < 1.29 is 4.79 Å². The summed E-state index contributed by atoms with van der Waals surface area (Å²) < 4.78 is 0. The van der Waals surface area contributed by atoms with Gasteiger partial charge in [-0.05, 0) is 24.6 Å². The number of nitrogens with one attached hydrogen (secondary N) is 2. The Balaban J connectivity index is 1.65. The molecule has 2 heterocycles. The van der Waals surface area contributed by atoms with E-state index in [1.807, 2.05) is 19.1 Å². The Morgan fingerprint density at radius 2 is 2.08 bits per heavy atom. The monoisotopic (exact) mass is 335 g/mol. The quantitative estimate of drug-likeness (QED) is 0.732. The third-order valence-corrected chi connectivity index (χ3v) is 3.86. The zero-order chi connectivity index (χ0) is 17.8. The van der Waals surface area contributed by atoms with Crippen molar-refractivity contribution in [3.63, 3.8) is 0 Å². The molecule has 8 heteroatoms. The van der Waals surface area contributed by atoms with Crippen molar-refractivity contribution in [3.05, 3.63) is 48.0 Å². The van der Waals surface area contributed by atoms with E-state index in [0.29, 0.717) is 22.5 Å². The van der Waals surface area contributed by atoms with Gasteiger partial charge in [-0.15, -0.1) is 0 Å². The van der Waals surface area contributed by atoms with Crippen molar-refractivity contribution in [2.24, 2.45) is 0 Å². The molecule has 1 atom stereocenters. The largest absolute Gasteiger partial charge is 0.348 e. The van der Waals surface area contributed by atoms with Crippen molar-refractivity contribution in [2.45, 2.75) is 13.0 Å². The maximum absolute atomic E-state index is 12.3. The molecule has 0 aliphatic heterocycles. The number of nitrogens with zero attached hydrogens (tertiary/aromatic N) is 5. The number of hydrogen-bond donors (Lipinski definition) is 2. The number of rotatable bonds is 5. The number of nitriles is 1. The number of aromatic amines is 1. The second kappa shape index (κ2) is 6.97. The molecule has 0 unspecified atom stereocenters. The molecule has 0 aliphatic rings. The smallest absolute Gasteiger partial charge is 0.240 e. The van der Waals surface area contributed by atoms with E-state index in [1.54, 1.807) is 30.4 Å². The Morgan fingerprint density at radius 1 is 1.32 bits per heavy atom. The summed E-state index contributed by atoms with van der Waals surface area (Å²) in [6, 6.07) is 9.07. The van der Waals surface area contributed by atoms with Crippen molar-refractivity contribution in [1.29, 1.82) is 5.26 Å². The minimum absolute atomic E-state index is 0.134. The summed E-state index contributed by atoms with van der Waals surface area (Å²) in [5, 5.41) is 11.8. The van der Waals surface area contributed by atoms with E-state index in [1.165, 1.54) is 6.33 Å². The Hall–Kier alpha value is -3.47. The summed E-state index contributed by atoms with van der Waals surface area (Å²) >= 11 is 0. The third kappa shape index (κ3) is 3.55.